The quantitative estimate of drug-likeness (QED) is 0.735. The van der Waals surface area contributed by atoms with Crippen molar-refractivity contribution in [1.82, 2.24) is 9.21 Å². The van der Waals surface area contributed by atoms with Crippen LogP contribution in [0.15, 0.2) is 29.2 Å². The Bertz CT molecular complexity index is 851. The molecule has 1 heterocycles. The van der Waals surface area contributed by atoms with Gasteiger partial charge in [-0.3, -0.25) is 0 Å². The Balaban J connectivity index is 2.17. The SMILES string of the molecule is CCN(C(=S)Nc1cccc(S(=O)(=O)N(C)C)c1)[C@@H]1CCS(=O)(=O)C1. The van der Waals surface area contributed by atoms with Gasteiger partial charge in [-0.05, 0) is 43.8 Å². The molecule has 1 aromatic carbocycles. The molecule has 0 bridgehead atoms. The molecular weight excluding hydrogens is 382 g/mol. The Morgan fingerprint density at radius 2 is 2.04 bits per heavy atom. The van der Waals surface area contributed by atoms with Gasteiger partial charge in [-0.25, -0.2) is 21.1 Å². The van der Waals surface area contributed by atoms with E-state index in [1.54, 1.807) is 12.1 Å². The zero-order valence-corrected chi connectivity index (χ0v) is 16.9. The molecule has 0 radical (unpaired) electrons. The van der Waals surface area contributed by atoms with Gasteiger partial charge in [0, 0.05) is 32.4 Å². The van der Waals surface area contributed by atoms with Crippen molar-refractivity contribution in [3.05, 3.63) is 24.3 Å². The molecule has 7 nitrogen and oxygen atoms in total. The van der Waals surface area contributed by atoms with Crippen LogP contribution in [0.2, 0.25) is 0 Å². The van der Waals surface area contributed by atoms with Crippen LogP contribution >= 0.6 is 12.2 Å². The third kappa shape index (κ3) is 4.69. The Kier molecular flexibility index (Phi) is 6.08. The minimum absolute atomic E-state index is 0.0949. The Morgan fingerprint density at radius 1 is 1.36 bits per heavy atom. The monoisotopic (exact) mass is 405 g/mol. The van der Waals surface area contributed by atoms with Crippen LogP contribution in [0.25, 0.3) is 0 Å². The van der Waals surface area contributed by atoms with Crippen molar-refractivity contribution in [2.45, 2.75) is 24.3 Å². The van der Waals surface area contributed by atoms with Crippen LogP contribution < -0.4 is 5.32 Å². The van der Waals surface area contributed by atoms with E-state index in [9.17, 15) is 16.8 Å². The number of benzene rings is 1. The maximum Gasteiger partial charge on any atom is 0.242 e. The van der Waals surface area contributed by atoms with Gasteiger partial charge in [0.1, 0.15) is 0 Å². The van der Waals surface area contributed by atoms with Gasteiger partial charge in [0.05, 0.1) is 16.4 Å². The minimum atomic E-state index is -3.53. The van der Waals surface area contributed by atoms with Crippen LogP contribution in [0.3, 0.4) is 0 Å². The molecule has 1 fully saturated rings. The number of nitrogens with zero attached hydrogens (tertiary/aromatic N) is 2. The summed E-state index contributed by atoms with van der Waals surface area (Å²) in [5, 5.41) is 3.42. The first kappa shape index (κ1) is 20.1. The number of thiocarbonyl (C=S) groups is 1. The van der Waals surface area contributed by atoms with Crippen LogP contribution in [-0.2, 0) is 19.9 Å². The van der Waals surface area contributed by atoms with E-state index in [4.69, 9.17) is 12.2 Å². The van der Waals surface area contributed by atoms with Crippen molar-refractivity contribution in [2.24, 2.45) is 0 Å². The maximum absolute atomic E-state index is 12.2. The third-order valence-electron chi connectivity index (χ3n) is 4.11. The molecule has 0 aliphatic carbocycles. The number of sulfone groups is 1. The molecule has 0 saturated carbocycles. The lowest BCUT2D eigenvalue weighted by Crippen LogP contribution is -2.43. The molecule has 25 heavy (non-hydrogen) atoms. The summed E-state index contributed by atoms with van der Waals surface area (Å²) in [6, 6.07) is 6.24. The predicted molar refractivity (Wildman–Crippen MR) is 103 cm³/mol. The standard InChI is InChI=1S/C15H23N3O4S3/c1-4-18(13-8-9-24(19,20)11-13)15(23)16-12-6-5-7-14(10-12)25(21,22)17(2)3/h5-7,10,13H,4,8-9,11H2,1-3H3,(H,16,23)/t13-/m1/s1. The van der Waals surface area contributed by atoms with Crippen molar-refractivity contribution in [3.8, 4) is 0 Å². The second-order valence-corrected chi connectivity index (χ2v) is 10.9. The van der Waals surface area contributed by atoms with Crippen molar-refractivity contribution in [3.63, 3.8) is 0 Å². The molecule has 1 aromatic rings. The lowest BCUT2D eigenvalue weighted by Gasteiger charge is -2.29. The van der Waals surface area contributed by atoms with Crippen molar-refractivity contribution < 1.29 is 16.8 Å². The normalized spacial score (nSPS) is 19.8. The molecular formula is C15H23N3O4S3. The molecule has 0 amide bonds. The van der Waals surface area contributed by atoms with Gasteiger partial charge in [-0.2, -0.15) is 0 Å². The van der Waals surface area contributed by atoms with Gasteiger partial charge in [-0.1, -0.05) is 6.07 Å². The first-order valence-electron chi connectivity index (χ1n) is 7.87. The van der Waals surface area contributed by atoms with E-state index in [0.717, 1.165) is 4.31 Å². The number of sulfonamides is 1. The summed E-state index contributed by atoms with van der Waals surface area (Å²) in [5.74, 6) is 0.269. The average molecular weight is 406 g/mol. The topological polar surface area (TPSA) is 86.8 Å². The van der Waals surface area contributed by atoms with Crippen LogP contribution in [-0.4, -0.2) is 69.3 Å². The zero-order chi connectivity index (χ0) is 18.8. The van der Waals surface area contributed by atoms with E-state index in [2.05, 4.69) is 5.32 Å². The van der Waals surface area contributed by atoms with E-state index in [1.807, 2.05) is 11.8 Å². The number of hydrogen-bond acceptors (Lipinski definition) is 5. The van der Waals surface area contributed by atoms with E-state index in [0.29, 0.717) is 23.8 Å². The molecule has 1 aliphatic rings. The lowest BCUT2D eigenvalue weighted by atomic mass is 10.2. The van der Waals surface area contributed by atoms with Gasteiger partial charge in [0.25, 0.3) is 0 Å². The zero-order valence-electron chi connectivity index (χ0n) is 14.5. The first-order chi connectivity index (χ1) is 11.6. The van der Waals surface area contributed by atoms with Crippen molar-refractivity contribution >= 4 is 42.9 Å². The summed E-state index contributed by atoms with van der Waals surface area (Å²) >= 11 is 5.42. The van der Waals surface area contributed by atoms with Crippen molar-refractivity contribution in [2.75, 3.05) is 37.5 Å². The second-order valence-electron chi connectivity index (χ2n) is 6.09. The Hall–Kier alpha value is -1.23. The van der Waals surface area contributed by atoms with Crippen LogP contribution in [0.5, 0.6) is 0 Å². The molecule has 1 saturated heterocycles. The van der Waals surface area contributed by atoms with Crippen molar-refractivity contribution in [1.29, 1.82) is 0 Å². The number of rotatable bonds is 5. The predicted octanol–water partition coefficient (Wildman–Crippen LogP) is 1.14. The highest BCUT2D eigenvalue weighted by molar-refractivity contribution is 7.91. The fourth-order valence-corrected chi connectivity index (χ4v) is 5.80. The summed E-state index contributed by atoms with van der Waals surface area (Å²) < 4.78 is 49.0. The third-order valence-corrected chi connectivity index (χ3v) is 8.01. The lowest BCUT2D eigenvalue weighted by molar-refractivity contribution is 0.355. The molecule has 1 aliphatic heterocycles. The molecule has 2 rings (SSSR count). The van der Waals surface area contributed by atoms with Gasteiger partial charge < -0.3 is 10.2 Å². The highest BCUT2D eigenvalue weighted by Crippen LogP contribution is 2.21. The summed E-state index contributed by atoms with van der Waals surface area (Å²) in [7, 11) is -3.60. The molecule has 140 valence electrons. The smallest absolute Gasteiger partial charge is 0.242 e. The maximum atomic E-state index is 12.2. The van der Waals surface area contributed by atoms with E-state index in [-0.39, 0.29) is 22.4 Å². The average Bonchev–Trinajstić information content (AvgIpc) is 2.88. The molecule has 0 aromatic heterocycles. The van der Waals surface area contributed by atoms with Gasteiger partial charge >= 0.3 is 0 Å². The fraction of sp³-hybridized carbons (Fsp3) is 0.533. The van der Waals surface area contributed by atoms with Crippen LogP contribution in [0, 0.1) is 0 Å². The number of anilines is 1. The summed E-state index contributed by atoms with van der Waals surface area (Å²) in [6.45, 7) is 2.48. The van der Waals surface area contributed by atoms with Gasteiger partial charge in [0.15, 0.2) is 14.9 Å². The van der Waals surface area contributed by atoms with Crippen LogP contribution in [0.1, 0.15) is 13.3 Å². The Morgan fingerprint density at radius 3 is 2.56 bits per heavy atom. The molecule has 1 atom stereocenters. The van der Waals surface area contributed by atoms with E-state index in [1.165, 1.54) is 26.2 Å². The summed E-state index contributed by atoms with van der Waals surface area (Å²) in [5.41, 5.74) is 0.548. The molecule has 0 unspecified atom stereocenters. The minimum Gasteiger partial charge on any atom is -0.345 e. The molecule has 10 heteroatoms. The van der Waals surface area contributed by atoms with Gasteiger partial charge in [0.2, 0.25) is 10.0 Å². The molecule has 1 N–H and O–H groups in total. The first-order valence-corrected chi connectivity index (χ1v) is 11.5. The number of nitrogens with one attached hydrogen (secondary N) is 1. The van der Waals surface area contributed by atoms with E-state index < -0.39 is 19.9 Å². The van der Waals surface area contributed by atoms with E-state index >= 15 is 0 Å². The summed E-state index contributed by atoms with van der Waals surface area (Å²) in [6.07, 6.45) is 0.549. The van der Waals surface area contributed by atoms with Gasteiger partial charge in [-0.15, -0.1) is 0 Å². The number of hydrogen-bond donors (Lipinski definition) is 1. The summed E-state index contributed by atoms with van der Waals surface area (Å²) in [4.78, 5) is 2.00. The van der Waals surface area contributed by atoms with Crippen LogP contribution in [0.4, 0.5) is 5.69 Å². The molecule has 0 spiro atoms. The second kappa shape index (κ2) is 7.56. The fourth-order valence-electron chi connectivity index (χ4n) is 2.73. The highest BCUT2D eigenvalue weighted by Gasteiger charge is 2.32. The Labute approximate surface area is 155 Å². The highest BCUT2D eigenvalue weighted by atomic mass is 32.2. The largest absolute Gasteiger partial charge is 0.345 e.